The Balaban J connectivity index is 0.000000531. The predicted molar refractivity (Wildman–Crippen MR) is 65.9 cm³/mol. The standard InChI is InChI=1S/C10H13N3.C2H6/c1-6(2)7-4-3-5-8-9(7)12-13-10(8)11;1-2/h3-6H,1-2H3,(H3,11,12,13);1-2H3. The second-order valence-electron chi connectivity index (χ2n) is 3.53. The second kappa shape index (κ2) is 4.82. The summed E-state index contributed by atoms with van der Waals surface area (Å²) in [5.74, 6) is 1.07. The van der Waals surface area contributed by atoms with Crippen molar-refractivity contribution < 1.29 is 0 Å². The molecule has 0 radical (unpaired) electrons. The lowest BCUT2D eigenvalue weighted by Gasteiger charge is -2.05. The Morgan fingerprint density at radius 2 is 1.93 bits per heavy atom. The van der Waals surface area contributed by atoms with Crippen molar-refractivity contribution in [3.63, 3.8) is 0 Å². The van der Waals surface area contributed by atoms with Crippen LogP contribution in [0.3, 0.4) is 0 Å². The molecule has 0 aliphatic carbocycles. The van der Waals surface area contributed by atoms with Gasteiger partial charge in [-0.2, -0.15) is 5.10 Å². The van der Waals surface area contributed by atoms with Gasteiger partial charge in [0.15, 0.2) is 5.82 Å². The molecule has 1 aromatic heterocycles. The van der Waals surface area contributed by atoms with Crippen LogP contribution in [0.4, 0.5) is 5.82 Å². The minimum atomic E-state index is 0.489. The first-order valence-corrected chi connectivity index (χ1v) is 5.42. The lowest BCUT2D eigenvalue weighted by molar-refractivity contribution is 0.871. The van der Waals surface area contributed by atoms with Crippen molar-refractivity contribution in [1.29, 1.82) is 0 Å². The minimum Gasteiger partial charge on any atom is -0.382 e. The topological polar surface area (TPSA) is 54.7 Å². The molecule has 0 saturated heterocycles. The Labute approximate surface area is 90.7 Å². The van der Waals surface area contributed by atoms with Crippen LogP contribution >= 0.6 is 0 Å². The third kappa shape index (κ3) is 2.12. The fourth-order valence-electron chi connectivity index (χ4n) is 1.57. The lowest BCUT2D eigenvalue weighted by atomic mass is 10.0. The number of aromatic nitrogens is 2. The van der Waals surface area contributed by atoms with Crippen molar-refractivity contribution in [1.82, 2.24) is 10.2 Å². The molecule has 0 saturated carbocycles. The molecule has 3 heteroatoms. The molecule has 15 heavy (non-hydrogen) atoms. The summed E-state index contributed by atoms with van der Waals surface area (Å²) in [6, 6.07) is 6.11. The zero-order valence-corrected chi connectivity index (χ0v) is 9.83. The van der Waals surface area contributed by atoms with Crippen LogP contribution in [-0.4, -0.2) is 10.2 Å². The molecular formula is C12H19N3. The van der Waals surface area contributed by atoms with E-state index >= 15 is 0 Å². The Morgan fingerprint density at radius 1 is 1.27 bits per heavy atom. The molecule has 82 valence electrons. The van der Waals surface area contributed by atoms with Gasteiger partial charge in [0.05, 0.1) is 5.52 Å². The number of H-pyrrole nitrogens is 1. The monoisotopic (exact) mass is 205 g/mol. The summed E-state index contributed by atoms with van der Waals surface area (Å²) < 4.78 is 0. The van der Waals surface area contributed by atoms with E-state index in [1.165, 1.54) is 5.56 Å². The quantitative estimate of drug-likeness (QED) is 0.750. The van der Waals surface area contributed by atoms with Crippen molar-refractivity contribution in [3.05, 3.63) is 23.8 Å². The number of rotatable bonds is 1. The number of hydrogen-bond donors (Lipinski definition) is 2. The average Bonchev–Trinajstić information content (AvgIpc) is 2.63. The number of benzene rings is 1. The van der Waals surface area contributed by atoms with E-state index in [0.717, 1.165) is 10.9 Å². The summed E-state index contributed by atoms with van der Waals surface area (Å²) in [5.41, 5.74) is 8.03. The molecule has 1 heterocycles. The normalized spacial score (nSPS) is 10.2. The van der Waals surface area contributed by atoms with E-state index in [2.05, 4.69) is 30.1 Å². The molecule has 1 aromatic carbocycles. The summed E-state index contributed by atoms with van der Waals surface area (Å²) in [5, 5.41) is 7.97. The SMILES string of the molecule is CC.CC(C)c1cccc2c(N)n[nH]c12. The zero-order chi connectivity index (χ0) is 11.4. The van der Waals surface area contributed by atoms with Gasteiger partial charge in [0.2, 0.25) is 0 Å². The molecule has 2 rings (SSSR count). The summed E-state index contributed by atoms with van der Waals surface area (Å²) in [7, 11) is 0. The van der Waals surface area contributed by atoms with E-state index in [0.29, 0.717) is 11.7 Å². The maximum atomic E-state index is 5.70. The summed E-state index contributed by atoms with van der Waals surface area (Å²) in [6.45, 7) is 8.32. The molecule has 0 unspecified atom stereocenters. The van der Waals surface area contributed by atoms with Gasteiger partial charge in [-0.1, -0.05) is 39.8 Å². The van der Waals surface area contributed by atoms with Crippen molar-refractivity contribution in [2.45, 2.75) is 33.6 Å². The summed E-state index contributed by atoms with van der Waals surface area (Å²) >= 11 is 0. The maximum Gasteiger partial charge on any atom is 0.153 e. The Hall–Kier alpha value is -1.51. The van der Waals surface area contributed by atoms with E-state index < -0.39 is 0 Å². The van der Waals surface area contributed by atoms with Gasteiger partial charge < -0.3 is 5.73 Å². The Morgan fingerprint density at radius 3 is 2.53 bits per heavy atom. The third-order valence-corrected chi connectivity index (χ3v) is 2.28. The molecule has 3 N–H and O–H groups in total. The highest BCUT2D eigenvalue weighted by Gasteiger charge is 2.08. The van der Waals surface area contributed by atoms with Gasteiger partial charge in [0, 0.05) is 5.39 Å². The van der Waals surface area contributed by atoms with Crippen molar-refractivity contribution in [2.24, 2.45) is 0 Å². The number of para-hydroxylation sites is 1. The Kier molecular flexibility index (Phi) is 3.72. The van der Waals surface area contributed by atoms with Crippen LogP contribution < -0.4 is 5.73 Å². The maximum absolute atomic E-state index is 5.70. The number of nitrogens with one attached hydrogen (secondary N) is 1. The number of anilines is 1. The van der Waals surface area contributed by atoms with Crippen molar-refractivity contribution in [2.75, 3.05) is 5.73 Å². The fourth-order valence-corrected chi connectivity index (χ4v) is 1.57. The van der Waals surface area contributed by atoms with Gasteiger partial charge in [-0.05, 0) is 17.5 Å². The van der Waals surface area contributed by atoms with Crippen LogP contribution in [0.25, 0.3) is 10.9 Å². The van der Waals surface area contributed by atoms with E-state index in [9.17, 15) is 0 Å². The van der Waals surface area contributed by atoms with Gasteiger partial charge in [-0.15, -0.1) is 0 Å². The summed E-state index contributed by atoms with van der Waals surface area (Å²) in [6.07, 6.45) is 0. The van der Waals surface area contributed by atoms with E-state index in [1.807, 2.05) is 26.0 Å². The number of nitrogen functional groups attached to an aromatic ring is 1. The van der Waals surface area contributed by atoms with Crippen LogP contribution in [0.2, 0.25) is 0 Å². The molecule has 0 fully saturated rings. The second-order valence-corrected chi connectivity index (χ2v) is 3.53. The highest BCUT2D eigenvalue weighted by atomic mass is 15.1. The van der Waals surface area contributed by atoms with Crippen LogP contribution in [0, 0.1) is 0 Å². The molecular weight excluding hydrogens is 186 g/mol. The number of hydrogen-bond acceptors (Lipinski definition) is 2. The number of fused-ring (bicyclic) bond motifs is 1. The van der Waals surface area contributed by atoms with Gasteiger partial charge in [-0.25, -0.2) is 0 Å². The first kappa shape index (κ1) is 11.6. The fraction of sp³-hybridized carbons (Fsp3) is 0.417. The van der Waals surface area contributed by atoms with Gasteiger partial charge in [-0.3, -0.25) is 5.10 Å². The molecule has 0 bridgehead atoms. The van der Waals surface area contributed by atoms with E-state index in [4.69, 9.17) is 5.73 Å². The van der Waals surface area contributed by atoms with Gasteiger partial charge in [0.1, 0.15) is 0 Å². The number of nitrogens with zero attached hydrogens (tertiary/aromatic N) is 1. The number of nitrogens with two attached hydrogens (primary N) is 1. The van der Waals surface area contributed by atoms with Gasteiger partial charge in [0.25, 0.3) is 0 Å². The predicted octanol–water partition coefficient (Wildman–Crippen LogP) is 3.29. The zero-order valence-electron chi connectivity index (χ0n) is 9.83. The minimum absolute atomic E-state index is 0.489. The van der Waals surface area contributed by atoms with Crippen molar-refractivity contribution >= 4 is 16.7 Å². The lowest BCUT2D eigenvalue weighted by Crippen LogP contribution is -1.88. The largest absolute Gasteiger partial charge is 0.382 e. The van der Waals surface area contributed by atoms with Crippen LogP contribution in [0.15, 0.2) is 18.2 Å². The molecule has 0 aliphatic heterocycles. The molecule has 2 aromatic rings. The first-order valence-electron chi connectivity index (χ1n) is 5.42. The smallest absolute Gasteiger partial charge is 0.153 e. The first-order chi connectivity index (χ1) is 7.20. The molecule has 0 atom stereocenters. The van der Waals surface area contributed by atoms with Crippen LogP contribution in [0.1, 0.15) is 39.2 Å². The third-order valence-electron chi connectivity index (χ3n) is 2.28. The average molecular weight is 205 g/mol. The number of aromatic amines is 1. The Bertz CT molecular complexity index is 429. The van der Waals surface area contributed by atoms with Gasteiger partial charge >= 0.3 is 0 Å². The molecule has 0 spiro atoms. The molecule has 0 aliphatic rings. The van der Waals surface area contributed by atoms with E-state index in [-0.39, 0.29) is 0 Å². The molecule has 3 nitrogen and oxygen atoms in total. The molecule has 0 amide bonds. The van der Waals surface area contributed by atoms with Crippen LogP contribution in [-0.2, 0) is 0 Å². The highest BCUT2D eigenvalue weighted by Crippen LogP contribution is 2.26. The van der Waals surface area contributed by atoms with E-state index in [1.54, 1.807) is 0 Å². The van der Waals surface area contributed by atoms with Crippen molar-refractivity contribution in [3.8, 4) is 0 Å². The summed E-state index contributed by atoms with van der Waals surface area (Å²) in [4.78, 5) is 0. The van der Waals surface area contributed by atoms with Crippen LogP contribution in [0.5, 0.6) is 0 Å². The highest BCUT2D eigenvalue weighted by molar-refractivity contribution is 5.90.